The van der Waals surface area contributed by atoms with Gasteiger partial charge in [-0.1, -0.05) is 30.3 Å². The fraction of sp³-hybridized carbons (Fsp3) is 0.529. The Kier molecular flexibility index (Phi) is 3.95. The van der Waals surface area contributed by atoms with E-state index in [-0.39, 0.29) is 17.7 Å². The van der Waals surface area contributed by atoms with E-state index < -0.39 is 5.97 Å². The predicted molar refractivity (Wildman–Crippen MR) is 78.8 cm³/mol. The normalized spacial score (nSPS) is 21.0. The van der Waals surface area contributed by atoms with Crippen molar-refractivity contribution in [2.75, 3.05) is 13.1 Å². The lowest BCUT2D eigenvalue weighted by molar-refractivity contribution is -0.146. The number of carbonyl (C=O) groups excluding carboxylic acids is 1. The zero-order chi connectivity index (χ0) is 14.8. The molecule has 1 amide bonds. The van der Waals surface area contributed by atoms with E-state index >= 15 is 0 Å². The summed E-state index contributed by atoms with van der Waals surface area (Å²) in [6.07, 6.45) is 3.40. The number of likely N-dealkylation sites (tertiary alicyclic amines) is 1. The van der Waals surface area contributed by atoms with E-state index in [0.29, 0.717) is 31.8 Å². The second-order valence-electron chi connectivity index (χ2n) is 6.16. The molecule has 21 heavy (non-hydrogen) atoms. The third-order valence-electron chi connectivity index (χ3n) is 4.67. The van der Waals surface area contributed by atoms with Gasteiger partial charge in [0.2, 0.25) is 5.91 Å². The monoisotopic (exact) mass is 287 g/mol. The molecule has 0 aromatic heterocycles. The number of benzene rings is 1. The molecule has 1 aliphatic heterocycles. The summed E-state index contributed by atoms with van der Waals surface area (Å²) >= 11 is 0. The Hall–Kier alpha value is -1.84. The van der Waals surface area contributed by atoms with Gasteiger partial charge < -0.3 is 10.0 Å². The topological polar surface area (TPSA) is 57.6 Å². The van der Waals surface area contributed by atoms with E-state index in [1.807, 2.05) is 35.2 Å². The summed E-state index contributed by atoms with van der Waals surface area (Å²) in [5.41, 5.74) is 1.10. The largest absolute Gasteiger partial charge is 0.481 e. The van der Waals surface area contributed by atoms with Gasteiger partial charge in [-0.25, -0.2) is 0 Å². The predicted octanol–water partition coefficient (Wildman–Crippen LogP) is 2.50. The van der Waals surface area contributed by atoms with Gasteiger partial charge in [0.15, 0.2) is 0 Å². The van der Waals surface area contributed by atoms with Crippen molar-refractivity contribution in [3.8, 4) is 0 Å². The first kappa shape index (κ1) is 14.1. The molecule has 1 saturated carbocycles. The van der Waals surface area contributed by atoms with E-state index in [0.717, 1.165) is 18.4 Å². The maximum atomic E-state index is 12.8. The molecule has 2 aliphatic rings. The van der Waals surface area contributed by atoms with E-state index in [4.69, 9.17) is 5.11 Å². The number of rotatable bonds is 4. The molecule has 1 aromatic carbocycles. The molecule has 1 unspecified atom stereocenters. The van der Waals surface area contributed by atoms with Crippen LogP contribution in [0.1, 0.15) is 37.2 Å². The molecule has 0 bridgehead atoms. The molecule has 2 fully saturated rings. The van der Waals surface area contributed by atoms with Crippen LogP contribution >= 0.6 is 0 Å². The van der Waals surface area contributed by atoms with Crippen LogP contribution in [-0.4, -0.2) is 35.0 Å². The third-order valence-corrected chi connectivity index (χ3v) is 4.67. The number of amides is 1. The van der Waals surface area contributed by atoms with Gasteiger partial charge in [0.05, 0.1) is 11.8 Å². The van der Waals surface area contributed by atoms with Crippen molar-refractivity contribution in [1.82, 2.24) is 4.90 Å². The lowest BCUT2D eigenvalue weighted by Gasteiger charge is -2.33. The molecule has 0 spiro atoms. The Balaban J connectivity index is 1.70. The minimum Gasteiger partial charge on any atom is -0.481 e. The highest BCUT2D eigenvalue weighted by Crippen LogP contribution is 2.43. The SMILES string of the molecule is O=C(O)C1CCN(C(=O)C(c2ccccc2)C2CC2)CC1. The van der Waals surface area contributed by atoms with E-state index in [1.54, 1.807) is 0 Å². The Morgan fingerprint density at radius 3 is 2.19 bits per heavy atom. The van der Waals surface area contributed by atoms with Gasteiger partial charge in [-0.3, -0.25) is 9.59 Å². The van der Waals surface area contributed by atoms with Gasteiger partial charge in [-0.15, -0.1) is 0 Å². The minimum absolute atomic E-state index is 0.0346. The fourth-order valence-corrected chi connectivity index (χ4v) is 3.25. The molecule has 1 saturated heterocycles. The fourth-order valence-electron chi connectivity index (χ4n) is 3.25. The molecule has 4 nitrogen and oxygen atoms in total. The zero-order valence-corrected chi connectivity index (χ0v) is 12.1. The Morgan fingerprint density at radius 2 is 1.67 bits per heavy atom. The summed E-state index contributed by atoms with van der Waals surface area (Å²) in [5, 5.41) is 9.05. The number of aliphatic carboxylic acids is 1. The maximum Gasteiger partial charge on any atom is 0.306 e. The van der Waals surface area contributed by atoms with Crippen LogP contribution in [0.2, 0.25) is 0 Å². The number of carboxylic acid groups (broad SMARTS) is 1. The van der Waals surface area contributed by atoms with E-state index in [2.05, 4.69) is 0 Å². The maximum absolute atomic E-state index is 12.8. The highest BCUT2D eigenvalue weighted by atomic mass is 16.4. The van der Waals surface area contributed by atoms with Crippen molar-refractivity contribution >= 4 is 11.9 Å². The first-order chi connectivity index (χ1) is 10.2. The summed E-state index contributed by atoms with van der Waals surface area (Å²) in [4.78, 5) is 25.7. The number of carbonyl (C=O) groups is 2. The number of hydrogen-bond donors (Lipinski definition) is 1. The van der Waals surface area contributed by atoms with Gasteiger partial charge in [0.1, 0.15) is 0 Å². The summed E-state index contributed by atoms with van der Waals surface area (Å²) in [6, 6.07) is 10.00. The summed E-state index contributed by atoms with van der Waals surface area (Å²) in [5.74, 6) is -0.397. The quantitative estimate of drug-likeness (QED) is 0.925. The van der Waals surface area contributed by atoms with Crippen LogP contribution in [0.3, 0.4) is 0 Å². The van der Waals surface area contributed by atoms with Crippen molar-refractivity contribution in [2.24, 2.45) is 11.8 Å². The van der Waals surface area contributed by atoms with Crippen LogP contribution in [0.4, 0.5) is 0 Å². The van der Waals surface area contributed by atoms with E-state index in [9.17, 15) is 9.59 Å². The zero-order valence-electron chi connectivity index (χ0n) is 12.1. The van der Waals surface area contributed by atoms with Crippen LogP contribution in [0, 0.1) is 11.8 Å². The highest BCUT2D eigenvalue weighted by molar-refractivity contribution is 5.85. The Bertz CT molecular complexity index is 516. The molecule has 0 radical (unpaired) electrons. The summed E-state index contributed by atoms with van der Waals surface area (Å²) in [6.45, 7) is 1.15. The second-order valence-corrected chi connectivity index (χ2v) is 6.16. The third kappa shape index (κ3) is 3.09. The van der Waals surface area contributed by atoms with Crippen molar-refractivity contribution in [3.05, 3.63) is 35.9 Å². The smallest absolute Gasteiger partial charge is 0.306 e. The number of carboxylic acids is 1. The van der Waals surface area contributed by atoms with Crippen LogP contribution in [0.5, 0.6) is 0 Å². The van der Waals surface area contributed by atoms with Crippen molar-refractivity contribution in [1.29, 1.82) is 0 Å². The first-order valence-corrected chi connectivity index (χ1v) is 7.73. The van der Waals surface area contributed by atoms with Crippen molar-refractivity contribution in [2.45, 2.75) is 31.6 Å². The lowest BCUT2D eigenvalue weighted by atomic mass is 9.90. The van der Waals surface area contributed by atoms with Crippen molar-refractivity contribution < 1.29 is 14.7 Å². The van der Waals surface area contributed by atoms with Gasteiger partial charge >= 0.3 is 5.97 Å². The van der Waals surface area contributed by atoms with Crippen molar-refractivity contribution in [3.63, 3.8) is 0 Å². The molecule has 1 atom stereocenters. The molecule has 1 aromatic rings. The molecule has 1 heterocycles. The van der Waals surface area contributed by atoms with Crippen LogP contribution in [0.15, 0.2) is 30.3 Å². The summed E-state index contributed by atoms with van der Waals surface area (Å²) < 4.78 is 0. The Morgan fingerprint density at radius 1 is 1.05 bits per heavy atom. The second kappa shape index (κ2) is 5.88. The first-order valence-electron chi connectivity index (χ1n) is 7.73. The molecule has 1 aliphatic carbocycles. The molecule has 1 N–H and O–H groups in total. The average molecular weight is 287 g/mol. The Labute approximate surface area is 124 Å². The molecule has 3 rings (SSSR count). The van der Waals surface area contributed by atoms with Crippen LogP contribution < -0.4 is 0 Å². The number of nitrogens with zero attached hydrogens (tertiary/aromatic N) is 1. The number of hydrogen-bond acceptors (Lipinski definition) is 2. The van der Waals surface area contributed by atoms with Gasteiger partial charge in [0, 0.05) is 13.1 Å². The molecular formula is C17H21NO3. The highest BCUT2D eigenvalue weighted by Gasteiger charge is 2.40. The minimum atomic E-state index is -0.732. The van der Waals surface area contributed by atoms with Gasteiger partial charge in [0.25, 0.3) is 0 Å². The molecule has 4 heteroatoms. The average Bonchev–Trinajstić information content (AvgIpc) is 3.33. The van der Waals surface area contributed by atoms with Gasteiger partial charge in [-0.2, -0.15) is 0 Å². The molecular weight excluding hydrogens is 266 g/mol. The van der Waals surface area contributed by atoms with E-state index in [1.165, 1.54) is 0 Å². The van der Waals surface area contributed by atoms with Gasteiger partial charge in [-0.05, 0) is 37.2 Å². The summed E-state index contributed by atoms with van der Waals surface area (Å²) in [7, 11) is 0. The van der Waals surface area contributed by atoms with Crippen LogP contribution in [-0.2, 0) is 9.59 Å². The molecule has 112 valence electrons. The number of piperidine rings is 1. The lowest BCUT2D eigenvalue weighted by Crippen LogP contribution is -2.43. The van der Waals surface area contributed by atoms with Crippen LogP contribution in [0.25, 0.3) is 0 Å². The standard InChI is InChI=1S/C17H21NO3/c19-16(18-10-8-14(9-11-18)17(20)21)15(13-6-7-13)12-4-2-1-3-5-12/h1-5,13-15H,6-11H2,(H,20,21).